The molecule has 0 radical (unpaired) electrons. The lowest BCUT2D eigenvalue weighted by molar-refractivity contribution is -0.142. The molecule has 2 aromatic carbocycles. The number of ketones is 1. The molecule has 0 aromatic heterocycles. The van der Waals surface area contributed by atoms with E-state index in [1.54, 1.807) is 11.8 Å². The average molecular weight is 408 g/mol. The van der Waals surface area contributed by atoms with E-state index in [0.29, 0.717) is 25.3 Å². The van der Waals surface area contributed by atoms with Gasteiger partial charge in [-0.2, -0.15) is 0 Å². The fourth-order valence-corrected chi connectivity index (χ4v) is 3.69. The van der Waals surface area contributed by atoms with Crippen molar-refractivity contribution in [3.05, 3.63) is 60.2 Å². The maximum absolute atomic E-state index is 13.0. The van der Waals surface area contributed by atoms with Gasteiger partial charge in [-0.05, 0) is 30.9 Å². The number of hydrogen-bond acceptors (Lipinski definition) is 4. The van der Waals surface area contributed by atoms with Crippen molar-refractivity contribution in [2.45, 2.75) is 26.2 Å². The van der Waals surface area contributed by atoms with Crippen LogP contribution in [0.3, 0.4) is 0 Å². The number of esters is 1. The fraction of sp³-hybridized carbons (Fsp3) is 0.375. The molecule has 0 bridgehead atoms. The van der Waals surface area contributed by atoms with E-state index >= 15 is 0 Å². The Morgan fingerprint density at radius 3 is 2.43 bits per heavy atom. The Morgan fingerprint density at radius 1 is 1.03 bits per heavy atom. The van der Waals surface area contributed by atoms with E-state index in [1.165, 1.54) is 0 Å². The Balaban J connectivity index is 1.55. The molecule has 2 aromatic rings. The number of benzene rings is 2. The van der Waals surface area contributed by atoms with E-state index in [4.69, 9.17) is 4.74 Å². The van der Waals surface area contributed by atoms with Crippen LogP contribution in [-0.2, 0) is 9.53 Å². The van der Waals surface area contributed by atoms with Crippen molar-refractivity contribution in [2.75, 3.05) is 26.2 Å². The molecule has 158 valence electrons. The summed E-state index contributed by atoms with van der Waals surface area (Å²) in [6.07, 6.45) is 1.69. The maximum Gasteiger partial charge on any atom is 0.317 e. The minimum Gasteiger partial charge on any atom is -0.466 e. The van der Waals surface area contributed by atoms with E-state index in [0.717, 1.165) is 24.0 Å². The quantitative estimate of drug-likeness (QED) is 0.557. The molecule has 1 aliphatic heterocycles. The van der Waals surface area contributed by atoms with Crippen LogP contribution in [0.4, 0.5) is 4.79 Å². The average Bonchev–Trinajstić information content (AvgIpc) is 2.79. The van der Waals surface area contributed by atoms with Crippen molar-refractivity contribution in [3.8, 4) is 11.1 Å². The van der Waals surface area contributed by atoms with Crippen molar-refractivity contribution in [1.82, 2.24) is 10.2 Å². The van der Waals surface area contributed by atoms with Gasteiger partial charge in [0, 0.05) is 31.1 Å². The summed E-state index contributed by atoms with van der Waals surface area (Å²) in [6, 6.07) is 17.4. The van der Waals surface area contributed by atoms with Crippen LogP contribution >= 0.6 is 0 Å². The van der Waals surface area contributed by atoms with Crippen molar-refractivity contribution in [2.24, 2.45) is 5.92 Å². The number of ether oxygens (including phenoxy) is 1. The van der Waals surface area contributed by atoms with Crippen LogP contribution in [0.2, 0.25) is 0 Å². The Morgan fingerprint density at radius 2 is 1.73 bits per heavy atom. The standard InChI is InChI=1S/C24H28N2O4/c1-2-30-22(27)14-15-25-24(29)26-16-6-9-21(17-26)23(28)20-12-10-19(11-13-20)18-7-4-3-5-8-18/h3-5,7-8,10-13,21H,2,6,9,14-17H2,1H3,(H,25,29). The van der Waals surface area contributed by atoms with Gasteiger partial charge in [-0.1, -0.05) is 54.6 Å². The Bertz CT molecular complexity index is 865. The molecule has 1 heterocycles. The Labute approximate surface area is 177 Å². The molecule has 1 saturated heterocycles. The third-order valence-corrected chi connectivity index (χ3v) is 5.27. The second kappa shape index (κ2) is 10.6. The lowest BCUT2D eigenvalue weighted by atomic mass is 9.89. The molecule has 3 rings (SSSR count). The lowest BCUT2D eigenvalue weighted by Gasteiger charge is -2.32. The summed E-state index contributed by atoms with van der Waals surface area (Å²) in [7, 11) is 0. The summed E-state index contributed by atoms with van der Waals surface area (Å²) in [6.45, 7) is 3.31. The summed E-state index contributed by atoms with van der Waals surface area (Å²) < 4.78 is 4.85. The number of carbonyl (C=O) groups is 3. The second-order valence-corrected chi connectivity index (χ2v) is 7.38. The summed E-state index contributed by atoms with van der Waals surface area (Å²) >= 11 is 0. The van der Waals surface area contributed by atoms with Gasteiger partial charge in [-0.3, -0.25) is 9.59 Å². The van der Waals surface area contributed by atoms with Crippen molar-refractivity contribution in [3.63, 3.8) is 0 Å². The van der Waals surface area contributed by atoms with Gasteiger partial charge in [0.25, 0.3) is 0 Å². The number of hydrogen-bond donors (Lipinski definition) is 1. The van der Waals surface area contributed by atoms with Crippen LogP contribution in [0.1, 0.15) is 36.5 Å². The van der Waals surface area contributed by atoms with Crippen LogP contribution in [0.5, 0.6) is 0 Å². The first-order valence-electron chi connectivity index (χ1n) is 10.5. The number of nitrogens with one attached hydrogen (secondary N) is 1. The van der Waals surface area contributed by atoms with E-state index in [9.17, 15) is 14.4 Å². The maximum atomic E-state index is 13.0. The molecule has 1 fully saturated rings. The van der Waals surface area contributed by atoms with Crippen molar-refractivity contribution < 1.29 is 19.1 Å². The topological polar surface area (TPSA) is 75.7 Å². The Hall–Kier alpha value is -3.15. The predicted octanol–water partition coefficient (Wildman–Crippen LogP) is 3.91. The van der Waals surface area contributed by atoms with E-state index in [1.807, 2.05) is 54.6 Å². The van der Waals surface area contributed by atoms with Gasteiger partial charge in [0.1, 0.15) is 0 Å². The number of piperidine rings is 1. The van der Waals surface area contributed by atoms with Gasteiger partial charge in [-0.25, -0.2) is 4.79 Å². The number of Topliss-reactive ketones (excluding diaryl/α,β-unsaturated/α-hetero) is 1. The normalized spacial score (nSPS) is 16.0. The van der Waals surface area contributed by atoms with Crippen LogP contribution in [0.25, 0.3) is 11.1 Å². The van der Waals surface area contributed by atoms with Gasteiger partial charge in [0.15, 0.2) is 5.78 Å². The van der Waals surface area contributed by atoms with Crippen LogP contribution in [-0.4, -0.2) is 48.9 Å². The zero-order valence-corrected chi connectivity index (χ0v) is 17.3. The first-order valence-corrected chi connectivity index (χ1v) is 10.5. The molecule has 0 saturated carbocycles. The number of amides is 2. The molecule has 0 aliphatic carbocycles. The molecular formula is C24H28N2O4. The zero-order valence-electron chi connectivity index (χ0n) is 17.3. The first kappa shape index (κ1) is 21.6. The van der Waals surface area contributed by atoms with E-state index < -0.39 is 0 Å². The van der Waals surface area contributed by atoms with Crippen molar-refractivity contribution >= 4 is 17.8 Å². The highest BCUT2D eigenvalue weighted by atomic mass is 16.5. The van der Waals surface area contributed by atoms with Gasteiger partial charge in [-0.15, -0.1) is 0 Å². The zero-order chi connectivity index (χ0) is 21.3. The molecule has 6 heteroatoms. The smallest absolute Gasteiger partial charge is 0.317 e. The van der Waals surface area contributed by atoms with Crippen molar-refractivity contribution in [1.29, 1.82) is 0 Å². The highest BCUT2D eigenvalue weighted by molar-refractivity contribution is 5.98. The van der Waals surface area contributed by atoms with E-state index in [-0.39, 0.29) is 36.7 Å². The van der Waals surface area contributed by atoms with Gasteiger partial charge in [0.05, 0.1) is 13.0 Å². The van der Waals surface area contributed by atoms with Crippen LogP contribution < -0.4 is 5.32 Å². The highest BCUT2D eigenvalue weighted by Crippen LogP contribution is 2.24. The minimum atomic E-state index is -0.330. The molecule has 1 atom stereocenters. The largest absolute Gasteiger partial charge is 0.466 e. The highest BCUT2D eigenvalue weighted by Gasteiger charge is 2.29. The summed E-state index contributed by atoms with van der Waals surface area (Å²) in [5, 5.41) is 2.74. The number of rotatable bonds is 7. The molecule has 1 N–H and O–H groups in total. The van der Waals surface area contributed by atoms with Gasteiger partial charge >= 0.3 is 12.0 Å². The van der Waals surface area contributed by atoms with E-state index in [2.05, 4.69) is 5.32 Å². The third-order valence-electron chi connectivity index (χ3n) is 5.27. The minimum absolute atomic E-state index is 0.0682. The summed E-state index contributed by atoms with van der Waals surface area (Å²) in [5.41, 5.74) is 2.85. The van der Waals surface area contributed by atoms with Crippen LogP contribution in [0, 0.1) is 5.92 Å². The number of nitrogens with zero attached hydrogens (tertiary/aromatic N) is 1. The molecular weight excluding hydrogens is 380 g/mol. The molecule has 2 amide bonds. The first-order chi connectivity index (χ1) is 14.6. The second-order valence-electron chi connectivity index (χ2n) is 7.38. The Kier molecular flexibility index (Phi) is 7.60. The predicted molar refractivity (Wildman–Crippen MR) is 115 cm³/mol. The number of likely N-dealkylation sites (tertiary alicyclic amines) is 1. The molecule has 0 spiro atoms. The monoisotopic (exact) mass is 408 g/mol. The fourth-order valence-electron chi connectivity index (χ4n) is 3.69. The number of urea groups is 1. The van der Waals surface area contributed by atoms with Gasteiger partial charge < -0.3 is 15.0 Å². The summed E-state index contributed by atoms with van der Waals surface area (Å²) in [5.74, 6) is -0.473. The van der Waals surface area contributed by atoms with Crippen LogP contribution in [0.15, 0.2) is 54.6 Å². The molecule has 1 aliphatic rings. The SMILES string of the molecule is CCOC(=O)CCNC(=O)N1CCCC(C(=O)c2ccc(-c3ccccc3)cc2)C1. The lowest BCUT2D eigenvalue weighted by Crippen LogP contribution is -2.47. The van der Waals surface area contributed by atoms with Gasteiger partial charge in [0.2, 0.25) is 0 Å². The molecule has 30 heavy (non-hydrogen) atoms. The molecule has 1 unspecified atom stereocenters. The number of carbonyl (C=O) groups excluding carboxylic acids is 3. The molecule has 6 nitrogen and oxygen atoms in total. The summed E-state index contributed by atoms with van der Waals surface area (Å²) in [4.78, 5) is 38.4. The third kappa shape index (κ3) is 5.69.